The van der Waals surface area contributed by atoms with E-state index in [0.717, 1.165) is 18.4 Å². The molecule has 2 aliphatic heterocycles. The lowest BCUT2D eigenvalue weighted by atomic mass is 9.85. The number of hydroxylamine groups is 1. The van der Waals surface area contributed by atoms with Gasteiger partial charge in [-0.15, -0.1) is 0 Å². The van der Waals surface area contributed by atoms with Crippen LogP contribution >= 0.6 is 0 Å². The summed E-state index contributed by atoms with van der Waals surface area (Å²) in [4.78, 5) is 17.9. The highest BCUT2D eigenvalue weighted by molar-refractivity contribution is 5.93. The highest BCUT2D eigenvalue weighted by Crippen LogP contribution is 2.47. The number of hydrogen-bond donors (Lipinski definition) is 3. The maximum Gasteiger partial charge on any atom is 0.229 e. The predicted molar refractivity (Wildman–Crippen MR) is 104 cm³/mol. The first-order valence-corrected chi connectivity index (χ1v) is 9.31. The molecule has 0 fully saturated rings. The van der Waals surface area contributed by atoms with Crippen LogP contribution in [-0.4, -0.2) is 36.1 Å². The van der Waals surface area contributed by atoms with Crippen molar-refractivity contribution in [1.29, 1.82) is 0 Å². The number of aliphatic hydroxyl groups is 1. The molecule has 2 aliphatic rings. The van der Waals surface area contributed by atoms with Crippen molar-refractivity contribution in [3.63, 3.8) is 0 Å². The molecular formula is C20H27N3O5. The van der Waals surface area contributed by atoms with Gasteiger partial charge in [-0.1, -0.05) is 13.3 Å². The first-order chi connectivity index (χ1) is 13.4. The Kier molecular flexibility index (Phi) is 5.81. The van der Waals surface area contributed by atoms with E-state index in [9.17, 15) is 9.90 Å². The minimum absolute atomic E-state index is 0.215. The summed E-state index contributed by atoms with van der Waals surface area (Å²) in [5.74, 6) is 0.796. The number of carbonyl (C=O) groups is 1. The third-order valence-electron chi connectivity index (χ3n) is 4.84. The Hall–Kier alpha value is -2.71. The van der Waals surface area contributed by atoms with E-state index in [2.05, 4.69) is 17.7 Å². The van der Waals surface area contributed by atoms with Gasteiger partial charge in [0.1, 0.15) is 17.8 Å². The Bertz CT molecular complexity index is 787. The number of allylic oxidation sites excluding steroid dienone is 1. The van der Waals surface area contributed by atoms with Gasteiger partial charge in [0.15, 0.2) is 0 Å². The van der Waals surface area contributed by atoms with E-state index in [4.69, 9.17) is 14.3 Å². The fourth-order valence-corrected chi connectivity index (χ4v) is 3.60. The van der Waals surface area contributed by atoms with Crippen LogP contribution in [0.5, 0.6) is 11.5 Å². The highest BCUT2D eigenvalue weighted by Gasteiger charge is 2.50. The summed E-state index contributed by atoms with van der Waals surface area (Å²) in [6.07, 6.45) is 5.09. The molecule has 0 aromatic heterocycles. The number of nitrogens with zero attached hydrogens (tertiary/aromatic N) is 1. The topological polar surface area (TPSA) is 92.3 Å². The molecule has 8 nitrogen and oxygen atoms in total. The molecule has 0 bridgehead atoms. The molecule has 1 atom stereocenters. The minimum atomic E-state index is -1.76. The Balaban J connectivity index is 2.27. The second-order valence-electron chi connectivity index (χ2n) is 6.87. The van der Waals surface area contributed by atoms with Crippen LogP contribution in [0.2, 0.25) is 0 Å². The quantitative estimate of drug-likeness (QED) is 0.659. The molecular weight excluding hydrogens is 362 g/mol. The summed E-state index contributed by atoms with van der Waals surface area (Å²) in [5.41, 5.74) is 3.73. The number of rotatable bonds is 7. The predicted octanol–water partition coefficient (Wildman–Crippen LogP) is 2.35. The summed E-state index contributed by atoms with van der Waals surface area (Å²) in [6, 6.07) is 3.74. The SMILES string of the molecule is CCCCC1=C(c2c(OC)cc(C)cc2OC)C(O)(N2NC=CO2)CC(=O)N1. The zero-order chi connectivity index (χ0) is 20.3. The van der Waals surface area contributed by atoms with Crippen LogP contribution in [0, 0.1) is 6.92 Å². The molecule has 1 unspecified atom stereocenters. The highest BCUT2D eigenvalue weighted by atomic mass is 16.7. The first-order valence-electron chi connectivity index (χ1n) is 9.31. The zero-order valence-corrected chi connectivity index (χ0v) is 16.7. The summed E-state index contributed by atoms with van der Waals surface area (Å²) >= 11 is 0. The van der Waals surface area contributed by atoms with E-state index in [0.29, 0.717) is 34.8 Å². The number of amides is 1. The number of aryl methyl sites for hydroxylation is 1. The molecule has 0 aliphatic carbocycles. The van der Waals surface area contributed by atoms with Crippen molar-refractivity contribution in [3.8, 4) is 11.5 Å². The molecule has 0 radical (unpaired) electrons. The lowest BCUT2D eigenvalue weighted by Crippen LogP contribution is -2.57. The van der Waals surface area contributed by atoms with Crippen LogP contribution in [0.25, 0.3) is 5.57 Å². The molecule has 3 N–H and O–H groups in total. The Morgan fingerprint density at radius 1 is 1.29 bits per heavy atom. The molecule has 1 amide bonds. The maximum atomic E-state index is 12.5. The molecule has 152 valence electrons. The third kappa shape index (κ3) is 3.53. The second kappa shape index (κ2) is 8.12. The van der Waals surface area contributed by atoms with Crippen LogP contribution in [0.1, 0.15) is 43.7 Å². The molecule has 2 heterocycles. The average molecular weight is 389 g/mol. The fourth-order valence-electron chi connectivity index (χ4n) is 3.60. The number of unbranched alkanes of at least 4 members (excludes halogenated alkanes) is 1. The van der Waals surface area contributed by atoms with Gasteiger partial charge < -0.3 is 24.7 Å². The van der Waals surface area contributed by atoms with E-state index in [1.165, 1.54) is 17.6 Å². The fraction of sp³-hybridized carbons (Fsp3) is 0.450. The molecule has 1 aromatic rings. The normalized spacial score (nSPS) is 22.0. The average Bonchev–Trinajstić information content (AvgIpc) is 3.21. The lowest BCUT2D eigenvalue weighted by molar-refractivity contribution is -0.249. The van der Waals surface area contributed by atoms with Crippen molar-refractivity contribution in [2.75, 3.05) is 14.2 Å². The van der Waals surface area contributed by atoms with Gasteiger partial charge in [0.25, 0.3) is 0 Å². The van der Waals surface area contributed by atoms with Gasteiger partial charge in [-0.2, -0.15) is 0 Å². The van der Waals surface area contributed by atoms with Crippen molar-refractivity contribution in [2.45, 2.75) is 45.3 Å². The van der Waals surface area contributed by atoms with Crippen LogP contribution in [0.15, 0.2) is 30.3 Å². The van der Waals surface area contributed by atoms with Crippen molar-refractivity contribution in [1.82, 2.24) is 15.9 Å². The van der Waals surface area contributed by atoms with Gasteiger partial charge in [0.2, 0.25) is 11.6 Å². The van der Waals surface area contributed by atoms with Crippen LogP contribution < -0.4 is 20.2 Å². The van der Waals surface area contributed by atoms with E-state index >= 15 is 0 Å². The molecule has 28 heavy (non-hydrogen) atoms. The van der Waals surface area contributed by atoms with Gasteiger partial charge in [0.05, 0.1) is 32.4 Å². The molecule has 0 saturated heterocycles. The molecule has 3 rings (SSSR count). The van der Waals surface area contributed by atoms with Crippen molar-refractivity contribution >= 4 is 11.5 Å². The number of nitrogens with one attached hydrogen (secondary N) is 2. The summed E-state index contributed by atoms with van der Waals surface area (Å²) in [5, 5.41) is 15.8. The summed E-state index contributed by atoms with van der Waals surface area (Å²) in [7, 11) is 3.13. The summed E-state index contributed by atoms with van der Waals surface area (Å²) in [6.45, 7) is 4.00. The minimum Gasteiger partial charge on any atom is -0.496 e. The number of benzene rings is 1. The van der Waals surface area contributed by atoms with Gasteiger partial charge in [-0.05, 0) is 42.6 Å². The van der Waals surface area contributed by atoms with Crippen LogP contribution in [0.3, 0.4) is 0 Å². The maximum absolute atomic E-state index is 12.5. The third-order valence-corrected chi connectivity index (χ3v) is 4.84. The number of methoxy groups -OCH3 is 2. The van der Waals surface area contributed by atoms with Crippen molar-refractivity contribution in [3.05, 3.63) is 41.4 Å². The Morgan fingerprint density at radius 3 is 2.50 bits per heavy atom. The molecule has 0 saturated carbocycles. The molecule has 1 aromatic carbocycles. The van der Waals surface area contributed by atoms with Crippen LogP contribution in [-0.2, 0) is 9.63 Å². The molecule has 0 spiro atoms. The van der Waals surface area contributed by atoms with Gasteiger partial charge in [0, 0.05) is 11.3 Å². The van der Waals surface area contributed by atoms with E-state index in [1.54, 1.807) is 14.2 Å². The van der Waals surface area contributed by atoms with Crippen LogP contribution in [0.4, 0.5) is 0 Å². The second-order valence-corrected chi connectivity index (χ2v) is 6.87. The van der Waals surface area contributed by atoms with Crippen molar-refractivity contribution < 1.29 is 24.2 Å². The van der Waals surface area contributed by atoms with Gasteiger partial charge in [-0.25, -0.2) is 0 Å². The Morgan fingerprint density at radius 2 is 1.96 bits per heavy atom. The number of hydrogen-bond acceptors (Lipinski definition) is 7. The van der Waals surface area contributed by atoms with Crippen molar-refractivity contribution in [2.24, 2.45) is 0 Å². The number of carbonyl (C=O) groups excluding carboxylic acids is 1. The number of hydrazine groups is 1. The molecule has 8 heteroatoms. The largest absolute Gasteiger partial charge is 0.496 e. The van der Waals surface area contributed by atoms with E-state index in [1.807, 2.05) is 19.1 Å². The van der Waals surface area contributed by atoms with Gasteiger partial charge in [-0.3, -0.25) is 10.2 Å². The zero-order valence-electron chi connectivity index (χ0n) is 16.7. The monoisotopic (exact) mass is 389 g/mol. The summed E-state index contributed by atoms with van der Waals surface area (Å²) < 4.78 is 11.2. The lowest BCUT2D eigenvalue weighted by Gasteiger charge is -2.41. The van der Waals surface area contributed by atoms with E-state index in [-0.39, 0.29) is 12.3 Å². The smallest absolute Gasteiger partial charge is 0.229 e. The Labute approximate surface area is 164 Å². The standard InChI is InChI=1S/C20H27N3O5/c1-5-6-7-14-19(18-15(26-3)10-13(2)11-16(18)27-4)20(25,12-17(24)22-14)23-21-8-9-28-23/h8-11,21,25H,5-7,12H2,1-4H3,(H,22,24). The number of ether oxygens (including phenoxy) is 2. The first kappa shape index (κ1) is 20.0. The van der Waals surface area contributed by atoms with Gasteiger partial charge >= 0.3 is 0 Å². The van der Waals surface area contributed by atoms with E-state index < -0.39 is 5.72 Å².